The zero-order valence-electron chi connectivity index (χ0n) is 23.1. The summed E-state index contributed by atoms with van der Waals surface area (Å²) in [7, 11) is 0. The molecule has 2 aromatic carbocycles. The molecule has 0 aromatic heterocycles. The Balaban J connectivity index is 1.10. The fourth-order valence-electron chi connectivity index (χ4n) is 7.43. The Morgan fingerprint density at radius 3 is 2.05 bits per heavy atom. The Bertz CT molecular complexity index is 1050. The van der Waals surface area contributed by atoms with Crippen LogP contribution in [0.1, 0.15) is 89.5 Å². The van der Waals surface area contributed by atoms with Gasteiger partial charge in [0, 0.05) is 11.5 Å². The lowest BCUT2D eigenvalue weighted by Crippen LogP contribution is -2.35. The van der Waals surface area contributed by atoms with Gasteiger partial charge in [0.05, 0.1) is 19.3 Å². The Hall–Kier alpha value is -2.20. The number of benzene rings is 2. The summed E-state index contributed by atoms with van der Waals surface area (Å²) >= 11 is 0. The molecular formula is C34H44F2O2. The standard InChI is InChI=1S/C34H44F2O2/c1-3-5-23-6-8-24(9-7-23)25-12-16-28(17-13-25)31-20-18-29(22-38-31)26-10-14-27(15-11-26)30-19-21-32(37-4-2)34(36)33(30)35/h3,5,10-11,14-15,19,21,23-25,28-29,31H,4,6-9,12-13,16-18,20,22H2,1-2H3. The van der Waals surface area contributed by atoms with Crippen molar-refractivity contribution in [1.29, 1.82) is 0 Å². The third kappa shape index (κ3) is 6.17. The minimum absolute atomic E-state index is 0.0417. The Morgan fingerprint density at radius 2 is 1.45 bits per heavy atom. The van der Waals surface area contributed by atoms with Gasteiger partial charge in [0.25, 0.3) is 0 Å². The predicted octanol–water partition coefficient (Wildman–Crippen LogP) is 9.48. The highest BCUT2D eigenvalue weighted by Gasteiger charge is 2.35. The Kier molecular flexibility index (Phi) is 9.20. The van der Waals surface area contributed by atoms with E-state index in [1.807, 2.05) is 24.3 Å². The average molecular weight is 523 g/mol. The van der Waals surface area contributed by atoms with Gasteiger partial charge in [-0.3, -0.25) is 0 Å². The SMILES string of the molecule is CC=CC1CCC(C2CCC(C3CCC(c4ccc(-c5ccc(OCC)c(F)c5F)cc4)CO3)CC2)CC1. The van der Waals surface area contributed by atoms with Gasteiger partial charge in [0.2, 0.25) is 5.82 Å². The summed E-state index contributed by atoms with van der Waals surface area (Å²) in [6.07, 6.45) is 18.3. The van der Waals surface area contributed by atoms with Gasteiger partial charge >= 0.3 is 0 Å². The molecule has 3 aliphatic rings. The summed E-state index contributed by atoms with van der Waals surface area (Å²) in [5, 5.41) is 0. The van der Waals surface area contributed by atoms with Crippen molar-refractivity contribution in [3.63, 3.8) is 0 Å². The number of allylic oxidation sites excluding steroid dienone is 2. The van der Waals surface area contributed by atoms with Gasteiger partial charge < -0.3 is 9.47 Å². The molecule has 2 nitrogen and oxygen atoms in total. The maximum atomic E-state index is 14.6. The maximum Gasteiger partial charge on any atom is 0.201 e. The lowest BCUT2D eigenvalue weighted by Gasteiger charge is -2.41. The molecule has 2 unspecified atom stereocenters. The van der Waals surface area contributed by atoms with E-state index in [0.29, 0.717) is 30.1 Å². The maximum absolute atomic E-state index is 14.6. The number of halogens is 2. The van der Waals surface area contributed by atoms with Crippen LogP contribution < -0.4 is 4.74 Å². The summed E-state index contributed by atoms with van der Waals surface area (Å²) in [4.78, 5) is 0. The van der Waals surface area contributed by atoms with Crippen molar-refractivity contribution >= 4 is 0 Å². The van der Waals surface area contributed by atoms with Crippen LogP contribution in [0.15, 0.2) is 48.6 Å². The van der Waals surface area contributed by atoms with Crippen LogP contribution in [-0.4, -0.2) is 19.3 Å². The van der Waals surface area contributed by atoms with Crippen molar-refractivity contribution in [3.8, 4) is 16.9 Å². The van der Waals surface area contributed by atoms with Crippen LogP contribution in [0.25, 0.3) is 11.1 Å². The van der Waals surface area contributed by atoms with Crippen molar-refractivity contribution in [1.82, 2.24) is 0 Å². The molecule has 206 valence electrons. The predicted molar refractivity (Wildman–Crippen MR) is 150 cm³/mol. The van der Waals surface area contributed by atoms with Gasteiger partial charge in [0.15, 0.2) is 11.6 Å². The van der Waals surface area contributed by atoms with E-state index in [1.165, 1.54) is 63.0 Å². The number of ether oxygens (including phenoxy) is 2. The molecule has 1 saturated heterocycles. The largest absolute Gasteiger partial charge is 0.491 e. The molecule has 3 fully saturated rings. The van der Waals surface area contributed by atoms with Gasteiger partial charge in [-0.25, -0.2) is 4.39 Å². The molecule has 2 aliphatic carbocycles. The van der Waals surface area contributed by atoms with Crippen LogP contribution >= 0.6 is 0 Å². The molecule has 0 radical (unpaired) electrons. The van der Waals surface area contributed by atoms with E-state index in [1.54, 1.807) is 13.0 Å². The van der Waals surface area contributed by atoms with Gasteiger partial charge in [-0.15, -0.1) is 0 Å². The average Bonchev–Trinajstić information content (AvgIpc) is 2.97. The smallest absolute Gasteiger partial charge is 0.201 e. The summed E-state index contributed by atoms with van der Waals surface area (Å²) in [6, 6.07) is 11.0. The number of hydrogen-bond donors (Lipinski definition) is 0. The second kappa shape index (κ2) is 12.8. The highest BCUT2D eigenvalue weighted by Crippen LogP contribution is 2.44. The molecule has 0 N–H and O–H groups in total. The van der Waals surface area contributed by atoms with Crippen LogP contribution in [0.4, 0.5) is 8.78 Å². The first-order valence-corrected chi connectivity index (χ1v) is 15.0. The van der Waals surface area contributed by atoms with E-state index in [0.717, 1.165) is 37.2 Å². The molecule has 5 rings (SSSR count). The van der Waals surface area contributed by atoms with Crippen LogP contribution in [0.3, 0.4) is 0 Å². The van der Waals surface area contributed by atoms with Crippen LogP contribution in [0, 0.1) is 35.3 Å². The van der Waals surface area contributed by atoms with Crippen molar-refractivity contribution in [2.24, 2.45) is 23.7 Å². The molecule has 1 aliphatic heterocycles. The van der Waals surface area contributed by atoms with E-state index in [-0.39, 0.29) is 11.3 Å². The lowest BCUT2D eigenvalue weighted by molar-refractivity contribution is -0.0462. The molecule has 2 saturated carbocycles. The van der Waals surface area contributed by atoms with Gasteiger partial charge in [0.1, 0.15) is 0 Å². The number of hydrogen-bond acceptors (Lipinski definition) is 2. The minimum Gasteiger partial charge on any atom is -0.491 e. The van der Waals surface area contributed by atoms with Crippen molar-refractivity contribution < 1.29 is 18.3 Å². The first-order valence-electron chi connectivity index (χ1n) is 15.0. The minimum atomic E-state index is -0.925. The van der Waals surface area contributed by atoms with Gasteiger partial charge in [-0.05, 0) is 125 Å². The molecule has 38 heavy (non-hydrogen) atoms. The molecule has 1 heterocycles. The quantitative estimate of drug-likeness (QED) is 0.337. The molecule has 4 heteroatoms. The first kappa shape index (κ1) is 27.4. The normalized spacial score (nSPS) is 30.4. The van der Waals surface area contributed by atoms with Crippen LogP contribution in [-0.2, 0) is 4.74 Å². The molecule has 0 spiro atoms. The Labute approximate surface area is 227 Å². The number of rotatable bonds is 7. The van der Waals surface area contributed by atoms with Crippen molar-refractivity contribution in [2.45, 2.75) is 90.1 Å². The van der Waals surface area contributed by atoms with Crippen LogP contribution in [0.5, 0.6) is 5.75 Å². The Morgan fingerprint density at radius 1 is 0.789 bits per heavy atom. The zero-order chi connectivity index (χ0) is 26.5. The van der Waals surface area contributed by atoms with E-state index in [2.05, 4.69) is 19.1 Å². The third-order valence-corrected chi connectivity index (χ3v) is 9.64. The third-order valence-electron chi connectivity index (χ3n) is 9.64. The summed E-state index contributed by atoms with van der Waals surface area (Å²) < 4.78 is 40.6. The molecule has 0 bridgehead atoms. The van der Waals surface area contributed by atoms with Crippen molar-refractivity contribution in [3.05, 3.63) is 65.7 Å². The van der Waals surface area contributed by atoms with E-state index in [9.17, 15) is 8.78 Å². The second-order valence-corrected chi connectivity index (χ2v) is 11.8. The van der Waals surface area contributed by atoms with Crippen molar-refractivity contribution in [2.75, 3.05) is 13.2 Å². The molecule has 0 amide bonds. The molecule has 2 aromatic rings. The first-order chi connectivity index (χ1) is 18.6. The van der Waals surface area contributed by atoms with E-state index in [4.69, 9.17) is 9.47 Å². The van der Waals surface area contributed by atoms with Gasteiger partial charge in [-0.2, -0.15) is 4.39 Å². The molecular weight excluding hydrogens is 478 g/mol. The zero-order valence-corrected chi connectivity index (χ0v) is 23.1. The monoisotopic (exact) mass is 522 g/mol. The lowest BCUT2D eigenvalue weighted by atomic mass is 9.68. The van der Waals surface area contributed by atoms with E-state index < -0.39 is 11.6 Å². The van der Waals surface area contributed by atoms with Gasteiger partial charge in [-0.1, -0.05) is 36.4 Å². The fraction of sp³-hybridized carbons (Fsp3) is 0.588. The summed E-state index contributed by atoms with van der Waals surface area (Å²) in [5.41, 5.74) is 2.16. The summed E-state index contributed by atoms with van der Waals surface area (Å²) in [6.45, 7) is 4.96. The second-order valence-electron chi connectivity index (χ2n) is 11.8. The summed E-state index contributed by atoms with van der Waals surface area (Å²) in [5.74, 6) is 1.96. The topological polar surface area (TPSA) is 18.5 Å². The molecule has 2 atom stereocenters. The fourth-order valence-corrected chi connectivity index (χ4v) is 7.43. The highest BCUT2D eigenvalue weighted by molar-refractivity contribution is 5.65. The van der Waals surface area contributed by atoms with Crippen LogP contribution in [0.2, 0.25) is 0 Å². The highest BCUT2D eigenvalue weighted by atomic mass is 19.2. The van der Waals surface area contributed by atoms with E-state index >= 15 is 0 Å².